The Morgan fingerprint density at radius 2 is 2.12 bits per heavy atom. The summed E-state index contributed by atoms with van der Waals surface area (Å²) in [6.45, 7) is 6.18. The van der Waals surface area contributed by atoms with E-state index in [4.69, 9.17) is 9.26 Å². The molecule has 0 amide bonds. The fourth-order valence-corrected chi connectivity index (χ4v) is 2.24. The molecule has 6 nitrogen and oxygen atoms in total. The Morgan fingerprint density at radius 3 is 2.79 bits per heavy atom. The van der Waals surface area contributed by atoms with Crippen molar-refractivity contribution in [3.63, 3.8) is 0 Å². The van der Waals surface area contributed by atoms with Crippen molar-refractivity contribution in [1.29, 1.82) is 0 Å². The zero-order chi connectivity index (χ0) is 16.5. The minimum Gasteiger partial charge on any atom is -0.496 e. The summed E-state index contributed by atoms with van der Waals surface area (Å²) in [6.07, 6.45) is 2.41. The third kappa shape index (κ3) is 6.38. The van der Waals surface area contributed by atoms with E-state index in [2.05, 4.69) is 39.8 Å². The standard InChI is InChI=1S/C17H24N4O2.HI/c1-4-18-17(20-12-15-8-10-23-21-15)19-9-7-14-11-13(2)5-6-16(14)22-3;/h5-6,8,10-11H,4,7,9,12H2,1-3H3,(H2,18,19,20);1H. The predicted octanol–water partition coefficient (Wildman–Crippen LogP) is 2.91. The number of rotatable bonds is 7. The second-order valence-corrected chi connectivity index (χ2v) is 5.18. The minimum absolute atomic E-state index is 0. The number of nitrogens with one attached hydrogen (secondary N) is 2. The van der Waals surface area contributed by atoms with Crippen molar-refractivity contribution >= 4 is 29.9 Å². The lowest BCUT2D eigenvalue weighted by molar-refractivity contribution is 0.409. The van der Waals surface area contributed by atoms with Gasteiger partial charge in [-0.25, -0.2) is 4.99 Å². The highest BCUT2D eigenvalue weighted by molar-refractivity contribution is 14.0. The first-order valence-corrected chi connectivity index (χ1v) is 7.78. The number of hydrogen-bond donors (Lipinski definition) is 2. The van der Waals surface area contributed by atoms with E-state index >= 15 is 0 Å². The van der Waals surface area contributed by atoms with Crippen molar-refractivity contribution in [2.24, 2.45) is 4.99 Å². The highest BCUT2D eigenvalue weighted by atomic mass is 127. The molecule has 2 aromatic rings. The zero-order valence-corrected chi connectivity index (χ0v) is 16.7. The number of benzene rings is 1. The van der Waals surface area contributed by atoms with E-state index in [1.807, 2.05) is 19.1 Å². The Morgan fingerprint density at radius 1 is 1.29 bits per heavy atom. The van der Waals surface area contributed by atoms with E-state index < -0.39 is 0 Å². The van der Waals surface area contributed by atoms with Gasteiger partial charge in [0.05, 0.1) is 13.7 Å². The molecule has 0 aliphatic carbocycles. The van der Waals surface area contributed by atoms with Crippen LogP contribution in [-0.4, -0.2) is 31.3 Å². The molecule has 0 unspecified atom stereocenters. The zero-order valence-electron chi connectivity index (χ0n) is 14.3. The topological polar surface area (TPSA) is 71.7 Å². The number of ether oxygens (including phenoxy) is 1. The fraction of sp³-hybridized carbons (Fsp3) is 0.412. The van der Waals surface area contributed by atoms with Crippen LogP contribution in [0, 0.1) is 6.92 Å². The summed E-state index contributed by atoms with van der Waals surface area (Å²) in [5, 5.41) is 10.4. The van der Waals surface area contributed by atoms with Crippen molar-refractivity contribution in [2.75, 3.05) is 20.2 Å². The predicted molar refractivity (Wildman–Crippen MR) is 106 cm³/mol. The molecule has 1 heterocycles. The maximum absolute atomic E-state index is 5.41. The van der Waals surface area contributed by atoms with Crippen LogP contribution in [0.4, 0.5) is 0 Å². The van der Waals surface area contributed by atoms with Crippen LogP contribution in [0.2, 0.25) is 0 Å². The quantitative estimate of drug-likeness (QED) is 0.391. The summed E-state index contributed by atoms with van der Waals surface area (Å²) in [6, 6.07) is 8.03. The highest BCUT2D eigenvalue weighted by Crippen LogP contribution is 2.19. The third-order valence-electron chi connectivity index (χ3n) is 3.36. The van der Waals surface area contributed by atoms with E-state index in [1.54, 1.807) is 13.4 Å². The average molecular weight is 444 g/mol. The third-order valence-corrected chi connectivity index (χ3v) is 3.36. The van der Waals surface area contributed by atoms with Crippen LogP contribution in [0.3, 0.4) is 0 Å². The molecule has 2 rings (SSSR count). The molecule has 24 heavy (non-hydrogen) atoms. The Kier molecular flexibility index (Phi) is 9.21. The first-order valence-electron chi connectivity index (χ1n) is 7.78. The molecule has 2 N–H and O–H groups in total. The van der Waals surface area contributed by atoms with Crippen molar-refractivity contribution in [1.82, 2.24) is 15.8 Å². The van der Waals surface area contributed by atoms with E-state index in [0.717, 1.165) is 36.9 Å². The molecular formula is C17H25IN4O2. The van der Waals surface area contributed by atoms with Crippen molar-refractivity contribution < 1.29 is 9.26 Å². The van der Waals surface area contributed by atoms with Crippen LogP contribution in [0.1, 0.15) is 23.7 Å². The van der Waals surface area contributed by atoms with E-state index in [0.29, 0.717) is 6.54 Å². The first kappa shape index (κ1) is 20.3. The van der Waals surface area contributed by atoms with Gasteiger partial charge in [0.1, 0.15) is 17.7 Å². The normalized spacial score (nSPS) is 10.9. The molecule has 0 radical (unpaired) electrons. The molecular weight excluding hydrogens is 419 g/mol. The second kappa shape index (κ2) is 10.9. The second-order valence-electron chi connectivity index (χ2n) is 5.18. The number of aromatic nitrogens is 1. The lowest BCUT2D eigenvalue weighted by Crippen LogP contribution is -2.38. The Labute approximate surface area is 160 Å². The van der Waals surface area contributed by atoms with Gasteiger partial charge in [0.2, 0.25) is 0 Å². The molecule has 1 aromatic heterocycles. The molecule has 0 spiro atoms. The van der Waals surface area contributed by atoms with Crippen molar-refractivity contribution in [3.05, 3.63) is 47.3 Å². The lowest BCUT2D eigenvalue weighted by atomic mass is 10.1. The summed E-state index contributed by atoms with van der Waals surface area (Å²) in [7, 11) is 1.70. The molecule has 0 atom stereocenters. The van der Waals surface area contributed by atoms with Gasteiger partial charge in [-0.2, -0.15) is 0 Å². The fourth-order valence-electron chi connectivity index (χ4n) is 2.24. The number of halogens is 1. The van der Waals surface area contributed by atoms with Gasteiger partial charge in [-0.05, 0) is 31.9 Å². The summed E-state index contributed by atoms with van der Waals surface area (Å²) >= 11 is 0. The van der Waals surface area contributed by atoms with E-state index in [9.17, 15) is 0 Å². The van der Waals surface area contributed by atoms with Gasteiger partial charge in [-0.15, -0.1) is 24.0 Å². The summed E-state index contributed by atoms with van der Waals surface area (Å²) < 4.78 is 10.2. The van der Waals surface area contributed by atoms with Gasteiger partial charge in [-0.3, -0.25) is 0 Å². The highest BCUT2D eigenvalue weighted by Gasteiger charge is 2.04. The van der Waals surface area contributed by atoms with E-state index in [1.165, 1.54) is 11.1 Å². The van der Waals surface area contributed by atoms with Crippen molar-refractivity contribution in [3.8, 4) is 5.75 Å². The molecule has 1 aromatic carbocycles. The van der Waals surface area contributed by atoms with Gasteiger partial charge in [0.25, 0.3) is 0 Å². The van der Waals surface area contributed by atoms with Crippen LogP contribution < -0.4 is 15.4 Å². The van der Waals surface area contributed by atoms with Gasteiger partial charge in [-0.1, -0.05) is 22.9 Å². The van der Waals surface area contributed by atoms with E-state index in [-0.39, 0.29) is 24.0 Å². The van der Waals surface area contributed by atoms with Crippen LogP contribution >= 0.6 is 24.0 Å². The van der Waals surface area contributed by atoms with Crippen LogP contribution in [0.5, 0.6) is 5.75 Å². The maximum atomic E-state index is 5.41. The van der Waals surface area contributed by atoms with Gasteiger partial charge in [0, 0.05) is 19.2 Å². The van der Waals surface area contributed by atoms with Gasteiger partial charge >= 0.3 is 0 Å². The van der Waals surface area contributed by atoms with Crippen LogP contribution in [0.15, 0.2) is 40.0 Å². The summed E-state index contributed by atoms with van der Waals surface area (Å²) in [5.74, 6) is 1.68. The Hall–Kier alpha value is -1.77. The first-order chi connectivity index (χ1) is 11.2. The Bertz CT molecular complexity index is 630. The molecule has 0 bridgehead atoms. The Balaban J connectivity index is 0.00000288. The van der Waals surface area contributed by atoms with Gasteiger partial charge in [0.15, 0.2) is 5.96 Å². The van der Waals surface area contributed by atoms with Gasteiger partial charge < -0.3 is 19.9 Å². The number of guanidine groups is 1. The largest absolute Gasteiger partial charge is 0.496 e. The molecule has 132 valence electrons. The number of hydrogen-bond acceptors (Lipinski definition) is 4. The minimum atomic E-state index is 0. The molecule has 7 heteroatoms. The van der Waals surface area contributed by atoms with Crippen LogP contribution in [0.25, 0.3) is 0 Å². The number of nitrogens with zero attached hydrogens (tertiary/aromatic N) is 2. The number of aryl methyl sites for hydroxylation is 1. The van der Waals surface area contributed by atoms with Crippen molar-refractivity contribution in [2.45, 2.75) is 26.8 Å². The smallest absolute Gasteiger partial charge is 0.191 e. The summed E-state index contributed by atoms with van der Waals surface area (Å²) in [4.78, 5) is 4.49. The molecule has 0 aliphatic rings. The molecule has 0 aliphatic heterocycles. The maximum Gasteiger partial charge on any atom is 0.191 e. The summed E-state index contributed by atoms with van der Waals surface area (Å²) in [5.41, 5.74) is 3.22. The lowest BCUT2D eigenvalue weighted by Gasteiger charge is -2.13. The van der Waals surface area contributed by atoms with Crippen LogP contribution in [-0.2, 0) is 13.0 Å². The molecule has 0 saturated carbocycles. The SMILES string of the molecule is CCNC(=NCc1ccon1)NCCc1cc(C)ccc1OC.I. The monoisotopic (exact) mass is 444 g/mol. The molecule has 0 saturated heterocycles. The number of methoxy groups -OCH3 is 1. The number of aliphatic imine (C=N–C) groups is 1. The molecule has 0 fully saturated rings. The average Bonchev–Trinajstić information content (AvgIpc) is 3.06.